The lowest BCUT2D eigenvalue weighted by Gasteiger charge is -2.08. The monoisotopic (exact) mass is 182 g/mol. The molecule has 13 heavy (non-hydrogen) atoms. The maximum Gasteiger partial charge on any atom is 0.251 e. The molecule has 0 aliphatic carbocycles. The van der Waals surface area contributed by atoms with Crippen LogP contribution in [0.15, 0.2) is 10.9 Å². The molecule has 1 aromatic rings. The van der Waals surface area contributed by atoms with E-state index in [2.05, 4.69) is 9.97 Å². The van der Waals surface area contributed by atoms with E-state index in [1.807, 2.05) is 19.0 Å². The Balaban J connectivity index is 2.95. The van der Waals surface area contributed by atoms with Gasteiger partial charge in [-0.15, -0.1) is 0 Å². The lowest BCUT2D eigenvalue weighted by atomic mass is 10.4. The van der Waals surface area contributed by atoms with Crippen LogP contribution in [0.25, 0.3) is 0 Å². The Bertz CT molecular complexity index is 331. The summed E-state index contributed by atoms with van der Waals surface area (Å²) in [6, 6.07) is 1.42. The molecule has 0 aliphatic rings. The molecule has 0 fully saturated rings. The molecule has 1 rings (SSSR count). The lowest BCUT2D eigenvalue weighted by molar-refractivity contribution is 0.389. The lowest BCUT2D eigenvalue weighted by Crippen LogP contribution is -2.20. The minimum Gasteiger partial charge on any atom is -0.325 e. The maximum atomic E-state index is 11.1. The van der Waals surface area contributed by atoms with Crippen LogP contribution in [0.1, 0.15) is 11.5 Å². The van der Waals surface area contributed by atoms with Crippen molar-refractivity contribution in [2.45, 2.75) is 13.1 Å². The molecule has 0 saturated carbocycles. The summed E-state index contributed by atoms with van der Waals surface area (Å²) in [5, 5.41) is 0. The normalized spacial score (nSPS) is 10.8. The number of hydrogen-bond donors (Lipinski definition) is 2. The highest BCUT2D eigenvalue weighted by molar-refractivity contribution is 5.02. The van der Waals surface area contributed by atoms with Gasteiger partial charge in [-0.25, -0.2) is 4.98 Å². The van der Waals surface area contributed by atoms with Crippen LogP contribution in [0.5, 0.6) is 0 Å². The Kier molecular flexibility index (Phi) is 3.16. The van der Waals surface area contributed by atoms with Crippen molar-refractivity contribution in [2.24, 2.45) is 5.73 Å². The topological polar surface area (TPSA) is 75.0 Å². The summed E-state index contributed by atoms with van der Waals surface area (Å²) in [5.74, 6) is 0.651. The van der Waals surface area contributed by atoms with Crippen molar-refractivity contribution in [3.05, 3.63) is 27.9 Å². The number of hydrogen-bond acceptors (Lipinski definition) is 4. The molecule has 0 aliphatic heterocycles. The Morgan fingerprint density at radius 1 is 1.62 bits per heavy atom. The Morgan fingerprint density at radius 2 is 2.31 bits per heavy atom. The number of nitrogens with zero attached hydrogens (tertiary/aromatic N) is 2. The summed E-state index contributed by atoms with van der Waals surface area (Å²) in [4.78, 5) is 19.8. The molecule has 0 saturated heterocycles. The molecule has 0 unspecified atom stereocenters. The van der Waals surface area contributed by atoms with Crippen LogP contribution in [0, 0.1) is 0 Å². The first kappa shape index (κ1) is 9.88. The molecule has 1 aromatic heterocycles. The van der Waals surface area contributed by atoms with Crippen LogP contribution in [0.4, 0.5) is 0 Å². The summed E-state index contributed by atoms with van der Waals surface area (Å²) in [5.41, 5.74) is 5.87. The molecule has 72 valence electrons. The first-order valence-corrected chi connectivity index (χ1v) is 4.05. The number of nitrogens with two attached hydrogens (primary N) is 1. The second-order valence-corrected chi connectivity index (χ2v) is 3.13. The zero-order valence-corrected chi connectivity index (χ0v) is 7.87. The fourth-order valence-corrected chi connectivity index (χ4v) is 1.04. The van der Waals surface area contributed by atoms with E-state index in [1.165, 1.54) is 6.07 Å². The van der Waals surface area contributed by atoms with E-state index < -0.39 is 0 Å². The van der Waals surface area contributed by atoms with Crippen molar-refractivity contribution in [2.75, 3.05) is 14.1 Å². The second kappa shape index (κ2) is 4.15. The largest absolute Gasteiger partial charge is 0.325 e. The predicted octanol–water partition coefficient (Wildman–Crippen LogP) is -0.710. The zero-order valence-electron chi connectivity index (χ0n) is 7.87. The van der Waals surface area contributed by atoms with E-state index in [1.54, 1.807) is 0 Å². The minimum absolute atomic E-state index is 0.146. The maximum absolute atomic E-state index is 11.1. The van der Waals surface area contributed by atoms with Gasteiger partial charge in [0, 0.05) is 12.6 Å². The number of aromatic nitrogens is 2. The molecule has 0 spiro atoms. The van der Waals surface area contributed by atoms with Gasteiger partial charge < -0.3 is 15.6 Å². The fourth-order valence-electron chi connectivity index (χ4n) is 1.04. The van der Waals surface area contributed by atoms with E-state index in [-0.39, 0.29) is 5.56 Å². The fraction of sp³-hybridized carbons (Fsp3) is 0.500. The van der Waals surface area contributed by atoms with Crippen molar-refractivity contribution < 1.29 is 0 Å². The summed E-state index contributed by atoms with van der Waals surface area (Å²) in [7, 11) is 3.82. The third-order valence-corrected chi connectivity index (χ3v) is 1.52. The molecule has 3 N–H and O–H groups in total. The zero-order chi connectivity index (χ0) is 9.84. The van der Waals surface area contributed by atoms with Gasteiger partial charge >= 0.3 is 0 Å². The Morgan fingerprint density at radius 3 is 2.85 bits per heavy atom. The van der Waals surface area contributed by atoms with E-state index in [9.17, 15) is 4.79 Å². The smallest absolute Gasteiger partial charge is 0.251 e. The Hall–Kier alpha value is -1.20. The highest BCUT2D eigenvalue weighted by Gasteiger charge is 2.00. The average Bonchev–Trinajstić information content (AvgIpc) is 2.01. The van der Waals surface area contributed by atoms with Crippen LogP contribution in [0.2, 0.25) is 0 Å². The summed E-state index contributed by atoms with van der Waals surface area (Å²) >= 11 is 0. The predicted molar refractivity (Wildman–Crippen MR) is 50.1 cm³/mol. The van der Waals surface area contributed by atoms with Gasteiger partial charge in [0.15, 0.2) is 0 Å². The van der Waals surface area contributed by atoms with E-state index in [4.69, 9.17) is 5.73 Å². The van der Waals surface area contributed by atoms with Crippen molar-refractivity contribution in [3.8, 4) is 0 Å². The third-order valence-electron chi connectivity index (χ3n) is 1.52. The quantitative estimate of drug-likeness (QED) is 0.647. The van der Waals surface area contributed by atoms with Crippen molar-refractivity contribution in [3.63, 3.8) is 0 Å². The number of H-pyrrole nitrogens is 1. The molecular weight excluding hydrogens is 168 g/mol. The van der Waals surface area contributed by atoms with E-state index in [0.29, 0.717) is 24.6 Å². The SMILES string of the molecule is CN(C)Cc1nc(CN)cc(=O)[nH]1. The summed E-state index contributed by atoms with van der Waals surface area (Å²) in [6.45, 7) is 0.910. The van der Waals surface area contributed by atoms with Crippen molar-refractivity contribution >= 4 is 0 Å². The molecule has 0 bridgehead atoms. The highest BCUT2D eigenvalue weighted by Crippen LogP contribution is 1.93. The number of rotatable bonds is 3. The van der Waals surface area contributed by atoms with E-state index >= 15 is 0 Å². The van der Waals surface area contributed by atoms with Crippen LogP contribution in [0.3, 0.4) is 0 Å². The molecule has 0 atom stereocenters. The van der Waals surface area contributed by atoms with Gasteiger partial charge in [0.2, 0.25) is 0 Å². The average molecular weight is 182 g/mol. The third kappa shape index (κ3) is 2.96. The molecule has 0 aromatic carbocycles. The van der Waals surface area contributed by atoms with Crippen molar-refractivity contribution in [1.82, 2.24) is 14.9 Å². The van der Waals surface area contributed by atoms with Crippen molar-refractivity contribution in [1.29, 1.82) is 0 Å². The molecule has 5 heteroatoms. The van der Waals surface area contributed by atoms with Crippen LogP contribution in [-0.4, -0.2) is 29.0 Å². The number of nitrogens with one attached hydrogen (secondary N) is 1. The van der Waals surface area contributed by atoms with Gasteiger partial charge in [0.05, 0.1) is 12.2 Å². The summed E-state index contributed by atoms with van der Waals surface area (Å²) < 4.78 is 0. The van der Waals surface area contributed by atoms with Gasteiger partial charge in [0.25, 0.3) is 5.56 Å². The first-order chi connectivity index (χ1) is 6.11. The minimum atomic E-state index is -0.146. The first-order valence-electron chi connectivity index (χ1n) is 4.05. The molecule has 0 amide bonds. The standard InChI is InChI=1S/C8H14N4O/c1-12(2)5-7-10-6(4-9)3-8(13)11-7/h3H,4-5,9H2,1-2H3,(H,10,11,13). The highest BCUT2D eigenvalue weighted by atomic mass is 16.1. The second-order valence-electron chi connectivity index (χ2n) is 3.13. The van der Waals surface area contributed by atoms with E-state index in [0.717, 1.165) is 0 Å². The molecule has 0 radical (unpaired) electrons. The summed E-state index contributed by atoms with van der Waals surface area (Å²) in [6.07, 6.45) is 0. The van der Waals surface area contributed by atoms with Crippen LogP contribution >= 0.6 is 0 Å². The van der Waals surface area contributed by atoms with Crippen LogP contribution < -0.4 is 11.3 Å². The molecule has 1 heterocycles. The number of aromatic amines is 1. The van der Waals surface area contributed by atoms with Gasteiger partial charge in [-0.05, 0) is 14.1 Å². The van der Waals surface area contributed by atoms with Gasteiger partial charge in [0.1, 0.15) is 5.82 Å². The van der Waals surface area contributed by atoms with Gasteiger partial charge in [-0.3, -0.25) is 4.79 Å². The Labute approximate surface area is 76.6 Å². The van der Waals surface area contributed by atoms with Gasteiger partial charge in [-0.1, -0.05) is 0 Å². The molecule has 5 nitrogen and oxygen atoms in total. The molecular formula is C8H14N4O. The van der Waals surface area contributed by atoms with Gasteiger partial charge in [-0.2, -0.15) is 0 Å². The van der Waals surface area contributed by atoms with Crippen LogP contribution in [-0.2, 0) is 13.1 Å².